The predicted molar refractivity (Wildman–Crippen MR) is 109 cm³/mol. The van der Waals surface area contributed by atoms with E-state index in [4.69, 9.17) is 14.2 Å². The molecule has 0 fully saturated rings. The van der Waals surface area contributed by atoms with Crippen molar-refractivity contribution < 1.29 is 23.4 Å². The van der Waals surface area contributed by atoms with Crippen LogP contribution in [-0.4, -0.2) is 12.6 Å². The average Bonchev–Trinajstić information content (AvgIpc) is 2.73. The summed E-state index contributed by atoms with van der Waals surface area (Å²) in [5.74, 6) is 0.857. The average molecular weight is 394 g/mol. The smallest absolute Gasteiger partial charge is 0.306 e. The lowest BCUT2D eigenvalue weighted by atomic mass is 10.1. The molecule has 0 amide bonds. The van der Waals surface area contributed by atoms with Gasteiger partial charge in [-0.05, 0) is 60.9 Å². The number of halogens is 1. The third-order valence-electron chi connectivity index (χ3n) is 4.19. The SMILES string of the molecule is CCOC(=O)CCc1ccc(OCc2cccc(Oc3ccccc3)c2)c(F)c1. The van der Waals surface area contributed by atoms with E-state index in [-0.39, 0.29) is 24.7 Å². The number of ether oxygens (including phenoxy) is 3. The second-order valence-electron chi connectivity index (χ2n) is 6.42. The fourth-order valence-corrected chi connectivity index (χ4v) is 2.78. The first kappa shape index (κ1) is 20.4. The van der Waals surface area contributed by atoms with Crippen molar-refractivity contribution in [3.8, 4) is 17.2 Å². The first-order valence-electron chi connectivity index (χ1n) is 9.52. The number of aryl methyl sites for hydroxylation is 1. The molecule has 3 aromatic rings. The molecule has 0 saturated heterocycles. The molecule has 0 aliphatic rings. The van der Waals surface area contributed by atoms with Gasteiger partial charge in [-0.15, -0.1) is 0 Å². The Bertz CT molecular complexity index is 941. The maximum absolute atomic E-state index is 14.3. The van der Waals surface area contributed by atoms with Crippen LogP contribution in [0.5, 0.6) is 17.2 Å². The maximum atomic E-state index is 14.3. The van der Waals surface area contributed by atoms with Gasteiger partial charge in [0, 0.05) is 6.42 Å². The minimum atomic E-state index is -0.456. The Hall–Kier alpha value is -3.34. The molecular formula is C24H23FO4. The molecular weight excluding hydrogens is 371 g/mol. The van der Waals surface area contributed by atoms with E-state index in [0.29, 0.717) is 18.8 Å². The molecule has 0 unspecified atom stereocenters. The third kappa shape index (κ3) is 6.35. The van der Waals surface area contributed by atoms with Crippen LogP contribution >= 0.6 is 0 Å². The number of hydrogen-bond donors (Lipinski definition) is 0. The van der Waals surface area contributed by atoms with Crippen molar-refractivity contribution in [3.05, 3.63) is 89.7 Å². The van der Waals surface area contributed by atoms with E-state index < -0.39 is 5.82 Å². The zero-order chi connectivity index (χ0) is 20.5. The molecule has 0 aromatic heterocycles. The van der Waals surface area contributed by atoms with Crippen molar-refractivity contribution in [2.45, 2.75) is 26.4 Å². The van der Waals surface area contributed by atoms with Crippen molar-refractivity contribution >= 4 is 5.97 Å². The normalized spacial score (nSPS) is 10.4. The van der Waals surface area contributed by atoms with Gasteiger partial charge in [0.1, 0.15) is 18.1 Å². The highest BCUT2D eigenvalue weighted by atomic mass is 19.1. The van der Waals surface area contributed by atoms with Gasteiger partial charge in [-0.2, -0.15) is 0 Å². The van der Waals surface area contributed by atoms with E-state index in [2.05, 4.69) is 0 Å². The summed E-state index contributed by atoms with van der Waals surface area (Å²) < 4.78 is 30.6. The Labute approximate surface area is 169 Å². The fraction of sp³-hybridized carbons (Fsp3) is 0.208. The molecule has 0 atom stereocenters. The highest BCUT2D eigenvalue weighted by Gasteiger charge is 2.08. The molecule has 0 N–H and O–H groups in total. The van der Waals surface area contributed by atoms with E-state index in [1.807, 2.05) is 54.6 Å². The monoisotopic (exact) mass is 394 g/mol. The van der Waals surface area contributed by atoms with E-state index in [1.165, 1.54) is 6.07 Å². The second kappa shape index (κ2) is 10.3. The van der Waals surface area contributed by atoms with Crippen molar-refractivity contribution in [2.24, 2.45) is 0 Å². The van der Waals surface area contributed by atoms with Gasteiger partial charge in [-0.3, -0.25) is 4.79 Å². The van der Waals surface area contributed by atoms with Gasteiger partial charge >= 0.3 is 5.97 Å². The number of carbonyl (C=O) groups is 1. The van der Waals surface area contributed by atoms with Gasteiger partial charge in [-0.1, -0.05) is 36.4 Å². The van der Waals surface area contributed by atoms with Crippen molar-refractivity contribution in [3.63, 3.8) is 0 Å². The first-order valence-corrected chi connectivity index (χ1v) is 9.52. The second-order valence-corrected chi connectivity index (χ2v) is 6.42. The van der Waals surface area contributed by atoms with Crippen molar-refractivity contribution in [2.75, 3.05) is 6.61 Å². The van der Waals surface area contributed by atoms with Crippen LogP contribution in [-0.2, 0) is 22.6 Å². The third-order valence-corrected chi connectivity index (χ3v) is 4.19. The van der Waals surface area contributed by atoms with E-state index >= 15 is 0 Å². The van der Waals surface area contributed by atoms with Crippen LogP contribution in [0.3, 0.4) is 0 Å². The summed E-state index contributed by atoms with van der Waals surface area (Å²) in [6, 6.07) is 21.7. The Morgan fingerprint density at radius 3 is 2.45 bits per heavy atom. The van der Waals surface area contributed by atoms with Crippen LogP contribution in [0.1, 0.15) is 24.5 Å². The number of para-hydroxylation sites is 1. The minimum Gasteiger partial charge on any atom is -0.486 e. The molecule has 29 heavy (non-hydrogen) atoms. The molecule has 3 rings (SSSR count). The molecule has 4 nitrogen and oxygen atoms in total. The van der Waals surface area contributed by atoms with E-state index in [1.54, 1.807) is 19.1 Å². The molecule has 0 bridgehead atoms. The maximum Gasteiger partial charge on any atom is 0.306 e. The summed E-state index contributed by atoms with van der Waals surface area (Å²) in [5, 5.41) is 0. The molecule has 0 saturated carbocycles. The van der Waals surface area contributed by atoms with Crippen LogP contribution < -0.4 is 9.47 Å². The highest BCUT2D eigenvalue weighted by molar-refractivity contribution is 5.69. The summed E-state index contributed by atoms with van der Waals surface area (Å²) in [4.78, 5) is 11.4. The standard InChI is InChI=1S/C24H23FO4/c1-2-27-24(26)14-12-18-11-13-23(22(25)16-18)28-17-19-7-6-10-21(15-19)29-20-8-4-3-5-9-20/h3-11,13,15-16H,2,12,14,17H2,1H3. The van der Waals surface area contributed by atoms with Crippen LogP contribution in [0.25, 0.3) is 0 Å². The van der Waals surface area contributed by atoms with Crippen LogP contribution in [0, 0.1) is 5.82 Å². The summed E-state index contributed by atoms with van der Waals surface area (Å²) in [6.45, 7) is 2.32. The number of hydrogen-bond acceptors (Lipinski definition) is 4. The Morgan fingerprint density at radius 1 is 0.897 bits per heavy atom. The van der Waals surface area contributed by atoms with Gasteiger partial charge in [-0.25, -0.2) is 4.39 Å². The number of benzene rings is 3. The van der Waals surface area contributed by atoms with Crippen molar-refractivity contribution in [1.29, 1.82) is 0 Å². The largest absolute Gasteiger partial charge is 0.486 e. The van der Waals surface area contributed by atoms with Crippen LogP contribution in [0.15, 0.2) is 72.8 Å². The molecule has 0 heterocycles. The topological polar surface area (TPSA) is 44.8 Å². The number of rotatable bonds is 9. The molecule has 150 valence electrons. The minimum absolute atomic E-state index is 0.166. The molecule has 3 aromatic carbocycles. The Balaban J connectivity index is 1.57. The van der Waals surface area contributed by atoms with Crippen LogP contribution in [0.4, 0.5) is 4.39 Å². The molecule has 0 aliphatic carbocycles. The molecule has 0 radical (unpaired) electrons. The summed E-state index contributed by atoms with van der Waals surface area (Å²) in [7, 11) is 0. The number of carbonyl (C=O) groups excluding carboxylic acids is 1. The molecule has 5 heteroatoms. The van der Waals surface area contributed by atoms with Crippen molar-refractivity contribution in [1.82, 2.24) is 0 Å². The Kier molecular flexibility index (Phi) is 7.22. The van der Waals surface area contributed by atoms with Crippen LogP contribution in [0.2, 0.25) is 0 Å². The van der Waals surface area contributed by atoms with Gasteiger partial charge in [0.05, 0.1) is 6.61 Å². The Morgan fingerprint density at radius 2 is 1.69 bits per heavy atom. The summed E-state index contributed by atoms with van der Waals surface area (Å²) in [6.07, 6.45) is 0.649. The van der Waals surface area contributed by atoms with Gasteiger partial charge in [0.15, 0.2) is 11.6 Å². The number of esters is 1. The van der Waals surface area contributed by atoms with Gasteiger partial charge in [0.25, 0.3) is 0 Å². The lowest BCUT2D eigenvalue weighted by molar-refractivity contribution is -0.143. The molecule has 0 aliphatic heterocycles. The fourth-order valence-electron chi connectivity index (χ4n) is 2.78. The van der Waals surface area contributed by atoms with Gasteiger partial charge in [0.2, 0.25) is 0 Å². The predicted octanol–water partition coefficient (Wildman–Crippen LogP) is 5.69. The van der Waals surface area contributed by atoms with E-state index in [0.717, 1.165) is 16.9 Å². The lowest BCUT2D eigenvalue weighted by Crippen LogP contribution is -2.05. The zero-order valence-corrected chi connectivity index (χ0v) is 16.3. The van der Waals surface area contributed by atoms with Gasteiger partial charge < -0.3 is 14.2 Å². The summed E-state index contributed by atoms with van der Waals surface area (Å²) in [5.41, 5.74) is 1.59. The molecule has 0 spiro atoms. The van der Waals surface area contributed by atoms with E-state index in [9.17, 15) is 9.18 Å². The highest BCUT2D eigenvalue weighted by Crippen LogP contribution is 2.24. The zero-order valence-electron chi connectivity index (χ0n) is 16.3. The quantitative estimate of drug-likeness (QED) is 0.437. The first-order chi connectivity index (χ1) is 14.1. The lowest BCUT2D eigenvalue weighted by Gasteiger charge is -2.11. The summed E-state index contributed by atoms with van der Waals surface area (Å²) >= 11 is 0.